The first-order chi connectivity index (χ1) is 10.8. The lowest BCUT2D eigenvalue weighted by Gasteiger charge is -2.12. The summed E-state index contributed by atoms with van der Waals surface area (Å²) in [4.78, 5) is 10.9. The summed E-state index contributed by atoms with van der Waals surface area (Å²) in [6.45, 7) is 0. The summed E-state index contributed by atoms with van der Waals surface area (Å²) in [7, 11) is 0. The van der Waals surface area contributed by atoms with Crippen molar-refractivity contribution in [1.29, 1.82) is 0 Å². The number of hydrogen-bond donors (Lipinski definition) is 1. The molecule has 4 nitrogen and oxygen atoms in total. The van der Waals surface area contributed by atoms with Gasteiger partial charge in [-0.15, -0.1) is 0 Å². The van der Waals surface area contributed by atoms with Crippen molar-refractivity contribution in [3.8, 4) is 11.1 Å². The fourth-order valence-electron chi connectivity index (χ4n) is 2.36. The van der Waals surface area contributed by atoms with Gasteiger partial charge in [0.15, 0.2) is 0 Å². The Morgan fingerprint density at radius 3 is 2.05 bits per heavy atom. The van der Waals surface area contributed by atoms with Crippen LogP contribution in [-0.4, -0.2) is 4.92 Å². The average Bonchev–Trinajstić information content (AvgIpc) is 2.56. The van der Waals surface area contributed by atoms with Crippen LogP contribution >= 0.6 is 0 Å². The summed E-state index contributed by atoms with van der Waals surface area (Å²) in [6.07, 6.45) is 0. The van der Waals surface area contributed by atoms with E-state index in [-0.39, 0.29) is 10.6 Å². The number of nitrogens with zero attached hydrogens (tertiary/aromatic N) is 1. The van der Waals surface area contributed by atoms with Crippen LogP contribution in [0.1, 0.15) is 0 Å². The van der Waals surface area contributed by atoms with Gasteiger partial charge in [-0.25, -0.2) is 0 Å². The summed E-state index contributed by atoms with van der Waals surface area (Å²) in [5, 5.41) is 14.6. The van der Waals surface area contributed by atoms with Crippen LogP contribution in [-0.2, 0) is 0 Å². The van der Waals surface area contributed by atoms with Crippen molar-refractivity contribution in [2.75, 3.05) is 5.32 Å². The standard InChI is InChI=1S/C18H14N2O2/c21-20(22)18-13-7-5-11-16(18)15-10-4-6-12-17(15)19-14-8-2-1-3-9-14/h1-13,19H. The van der Waals surface area contributed by atoms with Gasteiger partial charge in [0.05, 0.1) is 10.5 Å². The predicted molar refractivity (Wildman–Crippen MR) is 88.3 cm³/mol. The SMILES string of the molecule is O=[N+]([O-])c1ccccc1-c1ccccc1Nc1ccccc1. The van der Waals surface area contributed by atoms with Gasteiger partial charge in [-0.2, -0.15) is 0 Å². The number of nitro groups is 1. The largest absolute Gasteiger partial charge is 0.355 e. The lowest BCUT2D eigenvalue weighted by atomic mass is 10.0. The molecule has 108 valence electrons. The molecule has 3 rings (SSSR count). The van der Waals surface area contributed by atoms with Crippen molar-refractivity contribution in [3.05, 3.63) is 89.0 Å². The summed E-state index contributed by atoms with van der Waals surface area (Å²) in [5.74, 6) is 0. The van der Waals surface area contributed by atoms with E-state index in [0.717, 1.165) is 16.9 Å². The van der Waals surface area contributed by atoms with Gasteiger partial charge >= 0.3 is 0 Å². The third kappa shape index (κ3) is 2.81. The van der Waals surface area contributed by atoms with E-state index in [1.54, 1.807) is 12.1 Å². The molecule has 4 heteroatoms. The summed E-state index contributed by atoms with van der Waals surface area (Å²) in [5.41, 5.74) is 3.28. The maximum absolute atomic E-state index is 11.2. The minimum atomic E-state index is -0.353. The molecule has 0 amide bonds. The third-order valence-electron chi connectivity index (χ3n) is 3.37. The number of anilines is 2. The Hall–Kier alpha value is -3.14. The fraction of sp³-hybridized carbons (Fsp3) is 0. The second-order valence-electron chi connectivity index (χ2n) is 4.81. The first kappa shape index (κ1) is 13.8. The maximum Gasteiger partial charge on any atom is 0.277 e. The molecule has 0 aliphatic heterocycles. The van der Waals surface area contributed by atoms with E-state index in [4.69, 9.17) is 0 Å². The molecule has 0 bridgehead atoms. The second kappa shape index (κ2) is 6.10. The summed E-state index contributed by atoms with van der Waals surface area (Å²) < 4.78 is 0. The van der Waals surface area contributed by atoms with Crippen molar-refractivity contribution in [3.63, 3.8) is 0 Å². The molecule has 0 spiro atoms. The van der Waals surface area contributed by atoms with Gasteiger partial charge in [-0.3, -0.25) is 10.1 Å². The molecule has 0 aliphatic rings. The molecule has 3 aromatic rings. The molecule has 1 N–H and O–H groups in total. The Morgan fingerprint density at radius 2 is 1.32 bits per heavy atom. The van der Waals surface area contributed by atoms with Gasteiger partial charge in [0.25, 0.3) is 5.69 Å². The van der Waals surface area contributed by atoms with Gasteiger partial charge in [0, 0.05) is 23.0 Å². The van der Waals surface area contributed by atoms with Crippen LogP contribution < -0.4 is 5.32 Å². The van der Waals surface area contributed by atoms with Crippen LogP contribution in [0.4, 0.5) is 17.1 Å². The monoisotopic (exact) mass is 290 g/mol. The molecule has 0 unspecified atom stereocenters. The minimum Gasteiger partial charge on any atom is -0.355 e. The van der Waals surface area contributed by atoms with Crippen LogP contribution in [0.3, 0.4) is 0 Å². The van der Waals surface area contributed by atoms with Crippen LogP contribution in [0, 0.1) is 10.1 Å². The van der Waals surface area contributed by atoms with E-state index in [9.17, 15) is 10.1 Å². The Balaban J connectivity index is 2.08. The van der Waals surface area contributed by atoms with Crippen LogP contribution in [0.5, 0.6) is 0 Å². The minimum absolute atomic E-state index is 0.102. The predicted octanol–water partition coefficient (Wildman–Crippen LogP) is 5.01. The van der Waals surface area contributed by atoms with E-state index in [1.807, 2.05) is 60.7 Å². The highest BCUT2D eigenvalue weighted by Gasteiger charge is 2.16. The van der Waals surface area contributed by atoms with Crippen molar-refractivity contribution >= 4 is 17.1 Å². The Bertz CT molecular complexity index is 801. The zero-order chi connectivity index (χ0) is 15.4. The molecule has 3 aromatic carbocycles. The maximum atomic E-state index is 11.2. The van der Waals surface area contributed by atoms with Gasteiger partial charge in [0.2, 0.25) is 0 Å². The molecule has 0 aliphatic carbocycles. The summed E-state index contributed by atoms with van der Waals surface area (Å²) in [6, 6.07) is 24.1. The van der Waals surface area contributed by atoms with E-state index in [1.165, 1.54) is 6.07 Å². The molecule has 0 aromatic heterocycles. The van der Waals surface area contributed by atoms with Crippen molar-refractivity contribution < 1.29 is 4.92 Å². The average molecular weight is 290 g/mol. The molecule has 0 fully saturated rings. The first-order valence-electron chi connectivity index (χ1n) is 6.90. The zero-order valence-electron chi connectivity index (χ0n) is 11.8. The van der Waals surface area contributed by atoms with Crippen molar-refractivity contribution in [1.82, 2.24) is 0 Å². The summed E-state index contributed by atoms with van der Waals surface area (Å²) >= 11 is 0. The Labute approximate surface area is 128 Å². The highest BCUT2D eigenvalue weighted by molar-refractivity contribution is 5.85. The van der Waals surface area contributed by atoms with Crippen LogP contribution in [0.15, 0.2) is 78.9 Å². The fourth-order valence-corrected chi connectivity index (χ4v) is 2.36. The molecular weight excluding hydrogens is 276 g/mol. The molecule has 0 heterocycles. The molecular formula is C18H14N2O2. The molecule has 0 atom stereocenters. The van der Waals surface area contributed by atoms with Crippen molar-refractivity contribution in [2.24, 2.45) is 0 Å². The van der Waals surface area contributed by atoms with Gasteiger partial charge in [-0.05, 0) is 24.3 Å². The highest BCUT2D eigenvalue weighted by atomic mass is 16.6. The Morgan fingerprint density at radius 1 is 0.727 bits per heavy atom. The number of benzene rings is 3. The van der Waals surface area contributed by atoms with Gasteiger partial charge in [0.1, 0.15) is 0 Å². The molecule has 0 radical (unpaired) electrons. The lowest BCUT2D eigenvalue weighted by molar-refractivity contribution is -0.384. The van der Waals surface area contributed by atoms with Gasteiger partial charge < -0.3 is 5.32 Å². The number of nitro benzene ring substituents is 1. The van der Waals surface area contributed by atoms with Crippen LogP contribution in [0.2, 0.25) is 0 Å². The quantitative estimate of drug-likeness (QED) is 0.543. The topological polar surface area (TPSA) is 55.2 Å². The number of rotatable bonds is 4. The number of para-hydroxylation sites is 3. The van der Waals surface area contributed by atoms with Crippen LogP contribution in [0.25, 0.3) is 11.1 Å². The zero-order valence-corrected chi connectivity index (χ0v) is 11.8. The second-order valence-corrected chi connectivity index (χ2v) is 4.81. The third-order valence-corrected chi connectivity index (χ3v) is 3.37. The highest BCUT2D eigenvalue weighted by Crippen LogP contribution is 2.35. The van der Waals surface area contributed by atoms with Crippen molar-refractivity contribution in [2.45, 2.75) is 0 Å². The van der Waals surface area contributed by atoms with E-state index in [2.05, 4.69) is 5.32 Å². The number of hydrogen-bond acceptors (Lipinski definition) is 3. The molecule has 0 saturated heterocycles. The normalized spacial score (nSPS) is 10.2. The van der Waals surface area contributed by atoms with E-state index in [0.29, 0.717) is 5.56 Å². The lowest BCUT2D eigenvalue weighted by Crippen LogP contribution is -1.96. The number of nitrogens with one attached hydrogen (secondary N) is 1. The van der Waals surface area contributed by atoms with E-state index >= 15 is 0 Å². The smallest absolute Gasteiger partial charge is 0.277 e. The Kier molecular flexibility index (Phi) is 3.83. The van der Waals surface area contributed by atoms with Gasteiger partial charge in [-0.1, -0.05) is 48.5 Å². The molecule has 0 saturated carbocycles. The first-order valence-corrected chi connectivity index (χ1v) is 6.90. The van der Waals surface area contributed by atoms with E-state index < -0.39 is 0 Å². The molecule has 22 heavy (non-hydrogen) atoms.